The highest BCUT2D eigenvalue weighted by Gasteiger charge is 2.35. The largest absolute Gasteiger partial charge is 0.480 e. The number of nitrogens with one attached hydrogen (secondary N) is 1. The highest BCUT2D eigenvalue weighted by Crippen LogP contribution is 2.26. The number of rotatable bonds is 8. The molecule has 0 aromatic rings. The van der Waals surface area contributed by atoms with E-state index in [2.05, 4.69) is 5.32 Å². The predicted molar refractivity (Wildman–Crippen MR) is 68.0 cm³/mol. The Morgan fingerprint density at radius 3 is 2.50 bits per heavy atom. The van der Waals surface area contributed by atoms with E-state index in [0.717, 1.165) is 12.8 Å². The van der Waals surface area contributed by atoms with Gasteiger partial charge in [0.2, 0.25) is 0 Å². The first kappa shape index (κ1) is 16.2. The second kappa shape index (κ2) is 7.68. The normalized spacial score (nSPS) is 15.3. The maximum Gasteiger partial charge on any atom is 0.326 e. The lowest BCUT2D eigenvalue weighted by atomic mass is 10.2. The van der Waals surface area contributed by atoms with Gasteiger partial charge in [-0.2, -0.15) is 0 Å². The minimum Gasteiger partial charge on any atom is -0.480 e. The lowest BCUT2D eigenvalue weighted by Crippen LogP contribution is -2.50. The van der Waals surface area contributed by atoms with E-state index < -0.39 is 24.0 Å². The van der Waals surface area contributed by atoms with Crippen molar-refractivity contribution in [2.45, 2.75) is 38.3 Å². The number of amides is 2. The molecule has 1 rings (SSSR count). The van der Waals surface area contributed by atoms with Gasteiger partial charge in [0, 0.05) is 19.1 Å². The summed E-state index contributed by atoms with van der Waals surface area (Å²) < 4.78 is 4.78. The standard InChI is InChI=1S/C12H20N2O6/c1-2-20-10(16)7-14(8-3-4-8)12(19)13-9(5-6-15)11(17)18/h8-9,15H,2-7H2,1H3,(H,13,19)(H,17,18)/t9-/m1/s1. The van der Waals surface area contributed by atoms with Gasteiger partial charge in [0.25, 0.3) is 0 Å². The summed E-state index contributed by atoms with van der Waals surface area (Å²) in [7, 11) is 0. The average molecular weight is 288 g/mol. The maximum absolute atomic E-state index is 12.0. The van der Waals surface area contributed by atoms with Crippen molar-refractivity contribution in [3.05, 3.63) is 0 Å². The third-order valence-electron chi connectivity index (χ3n) is 2.87. The number of hydrogen-bond donors (Lipinski definition) is 3. The van der Waals surface area contributed by atoms with E-state index >= 15 is 0 Å². The van der Waals surface area contributed by atoms with Crippen molar-refractivity contribution in [1.29, 1.82) is 0 Å². The highest BCUT2D eigenvalue weighted by molar-refractivity contribution is 5.85. The summed E-state index contributed by atoms with van der Waals surface area (Å²) in [5.74, 6) is -1.75. The number of nitrogens with zero attached hydrogens (tertiary/aromatic N) is 1. The Balaban J connectivity index is 2.59. The number of aliphatic hydroxyl groups excluding tert-OH is 1. The molecule has 0 aromatic carbocycles. The van der Waals surface area contributed by atoms with Gasteiger partial charge in [0.1, 0.15) is 12.6 Å². The van der Waals surface area contributed by atoms with Crippen molar-refractivity contribution >= 4 is 18.0 Å². The molecule has 8 heteroatoms. The monoisotopic (exact) mass is 288 g/mol. The van der Waals surface area contributed by atoms with E-state index in [1.54, 1.807) is 6.92 Å². The molecule has 1 aliphatic rings. The zero-order valence-corrected chi connectivity index (χ0v) is 11.4. The van der Waals surface area contributed by atoms with Gasteiger partial charge in [-0.1, -0.05) is 0 Å². The topological polar surface area (TPSA) is 116 Å². The van der Waals surface area contributed by atoms with Crippen molar-refractivity contribution in [1.82, 2.24) is 10.2 Å². The van der Waals surface area contributed by atoms with E-state index in [-0.39, 0.29) is 32.2 Å². The predicted octanol–water partition coefficient (Wildman–Crippen LogP) is -0.441. The molecular weight excluding hydrogens is 268 g/mol. The summed E-state index contributed by atoms with van der Waals surface area (Å²) >= 11 is 0. The van der Waals surface area contributed by atoms with E-state index in [1.165, 1.54) is 4.90 Å². The fraction of sp³-hybridized carbons (Fsp3) is 0.750. The third kappa shape index (κ3) is 5.04. The van der Waals surface area contributed by atoms with Crippen LogP contribution in [0.1, 0.15) is 26.2 Å². The van der Waals surface area contributed by atoms with E-state index in [4.69, 9.17) is 14.9 Å². The number of hydrogen-bond acceptors (Lipinski definition) is 5. The number of aliphatic carboxylic acids is 1. The van der Waals surface area contributed by atoms with Crippen LogP contribution in [0.3, 0.4) is 0 Å². The number of carboxylic acid groups (broad SMARTS) is 1. The third-order valence-corrected chi connectivity index (χ3v) is 2.87. The minimum atomic E-state index is -1.22. The molecule has 1 atom stereocenters. The molecule has 0 spiro atoms. The van der Waals surface area contributed by atoms with Crippen molar-refractivity contribution < 1.29 is 29.3 Å². The molecule has 114 valence electrons. The Morgan fingerprint density at radius 1 is 1.40 bits per heavy atom. The molecule has 0 unspecified atom stereocenters. The van der Waals surface area contributed by atoms with Crippen LogP contribution >= 0.6 is 0 Å². The summed E-state index contributed by atoms with van der Waals surface area (Å²) in [6, 6.07) is -1.85. The van der Waals surface area contributed by atoms with Gasteiger partial charge in [-0.3, -0.25) is 4.79 Å². The van der Waals surface area contributed by atoms with Crippen molar-refractivity contribution in [3.63, 3.8) is 0 Å². The smallest absolute Gasteiger partial charge is 0.326 e. The van der Waals surface area contributed by atoms with E-state index in [1.807, 2.05) is 0 Å². The Labute approximate surface area is 116 Å². The summed E-state index contributed by atoms with van der Waals surface area (Å²) in [5, 5.41) is 20.0. The number of esters is 1. The zero-order valence-electron chi connectivity index (χ0n) is 11.4. The second-order valence-electron chi connectivity index (χ2n) is 4.52. The van der Waals surface area contributed by atoms with Gasteiger partial charge in [-0.05, 0) is 19.8 Å². The summed E-state index contributed by atoms with van der Waals surface area (Å²) in [6.45, 7) is 1.34. The van der Waals surface area contributed by atoms with Crippen LogP contribution < -0.4 is 5.32 Å². The average Bonchev–Trinajstić information content (AvgIpc) is 3.19. The number of carbonyl (C=O) groups excluding carboxylic acids is 2. The SMILES string of the molecule is CCOC(=O)CN(C(=O)N[C@H](CCO)C(=O)O)C1CC1. The van der Waals surface area contributed by atoms with Gasteiger partial charge in [0.05, 0.1) is 6.61 Å². The lowest BCUT2D eigenvalue weighted by molar-refractivity contribution is -0.143. The number of urea groups is 1. The summed E-state index contributed by atoms with van der Waals surface area (Å²) in [6.07, 6.45) is 1.48. The fourth-order valence-electron chi connectivity index (χ4n) is 1.72. The van der Waals surface area contributed by atoms with Crippen LogP contribution in [-0.4, -0.2) is 64.9 Å². The molecule has 1 fully saturated rings. The van der Waals surface area contributed by atoms with Gasteiger partial charge in [-0.15, -0.1) is 0 Å². The van der Waals surface area contributed by atoms with Crippen LogP contribution in [0.15, 0.2) is 0 Å². The number of ether oxygens (including phenoxy) is 1. The maximum atomic E-state index is 12.0. The number of carbonyl (C=O) groups is 3. The Morgan fingerprint density at radius 2 is 2.05 bits per heavy atom. The minimum absolute atomic E-state index is 0.0528. The Kier molecular flexibility index (Phi) is 6.23. The zero-order chi connectivity index (χ0) is 15.1. The first-order chi connectivity index (χ1) is 9.49. The molecular formula is C12H20N2O6. The Hall–Kier alpha value is -1.83. The second-order valence-corrected chi connectivity index (χ2v) is 4.52. The van der Waals surface area contributed by atoms with Gasteiger partial charge in [0.15, 0.2) is 0 Å². The first-order valence-electron chi connectivity index (χ1n) is 6.56. The van der Waals surface area contributed by atoms with E-state index in [9.17, 15) is 14.4 Å². The molecule has 8 nitrogen and oxygen atoms in total. The molecule has 1 saturated carbocycles. The van der Waals surface area contributed by atoms with Gasteiger partial charge in [-0.25, -0.2) is 9.59 Å². The van der Waals surface area contributed by atoms with Gasteiger partial charge >= 0.3 is 18.0 Å². The molecule has 0 bridgehead atoms. The lowest BCUT2D eigenvalue weighted by Gasteiger charge is -2.24. The highest BCUT2D eigenvalue weighted by atomic mass is 16.5. The Bertz CT molecular complexity index is 369. The molecule has 0 aliphatic heterocycles. The van der Waals surface area contributed by atoms with Crippen molar-refractivity contribution in [3.8, 4) is 0 Å². The van der Waals surface area contributed by atoms with Crippen molar-refractivity contribution in [2.24, 2.45) is 0 Å². The molecule has 0 radical (unpaired) electrons. The van der Waals surface area contributed by atoms with Crippen LogP contribution in [0.25, 0.3) is 0 Å². The first-order valence-corrected chi connectivity index (χ1v) is 6.56. The van der Waals surface area contributed by atoms with Crippen LogP contribution in [0, 0.1) is 0 Å². The van der Waals surface area contributed by atoms with Crippen LogP contribution in [0.5, 0.6) is 0 Å². The molecule has 2 amide bonds. The quantitative estimate of drug-likeness (QED) is 0.521. The molecule has 0 saturated heterocycles. The molecule has 0 heterocycles. The van der Waals surface area contributed by atoms with Crippen LogP contribution in [-0.2, 0) is 14.3 Å². The molecule has 1 aliphatic carbocycles. The van der Waals surface area contributed by atoms with Gasteiger partial charge < -0.3 is 25.2 Å². The molecule has 20 heavy (non-hydrogen) atoms. The summed E-state index contributed by atoms with van der Waals surface area (Å²) in [5.41, 5.74) is 0. The summed E-state index contributed by atoms with van der Waals surface area (Å²) in [4.78, 5) is 35.7. The van der Waals surface area contributed by atoms with E-state index in [0.29, 0.717) is 0 Å². The fourth-order valence-corrected chi connectivity index (χ4v) is 1.72. The van der Waals surface area contributed by atoms with Crippen molar-refractivity contribution in [2.75, 3.05) is 19.8 Å². The van der Waals surface area contributed by atoms with Crippen LogP contribution in [0.4, 0.5) is 4.79 Å². The number of carboxylic acids is 1. The van der Waals surface area contributed by atoms with Crippen LogP contribution in [0.2, 0.25) is 0 Å². The number of aliphatic hydroxyl groups is 1. The molecule has 0 aromatic heterocycles. The molecule has 3 N–H and O–H groups in total.